The van der Waals surface area contributed by atoms with Gasteiger partial charge in [-0.1, -0.05) is 24.3 Å². The van der Waals surface area contributed by atoms with Crippen LogP contribution in [0.2, 0.25) is 0 Å². The SMILES string of the molecule is N=CC(=CN)c1cccc(C(=O)N2CCC[C@@H]2c2cccc(C(=O)Nc3nc4c(s3)C[C@@H](N3CCOCC3)CC4)c2)c1. The number of aromatic nitrogens is 1. The summed E-state index contributed by atoms with van der Waals surface area (Å²) in [7, 11) is 0. The van der Waals surface area contributed by atoms with Gasteiger partial charge in [0.2, 0.25) is 0 Å². The molecule has 2 saturated heterocycles. The molecule has 6 rings (SSSR count). The summed E-state index contributed by atoms with van der Waals surface area (Å²) in [6.45, 7) is 4.19. The van der Waals surface area contributed by atoms with E-state index in [1.165, 1.54) is 17.3 Å². The Labute approximate surface area is 249 Å². The van der Waals surface area contributed by atoms with Gasteiger partial charge in [-0.2, -0.15) is 0 Å². The predicted octanol–water partition coefficient (Wildman–Crippen LogP) is 4.51. The third-order valence-electron chi connectivity index (χ3n) is 8.52. The lowest BCUT2D eigenvalue weighted by molar-refractivity contribution is 0.0139. The number of thiazole rings is 1. The zero-order chi connectivity index (χ0) is 29.1. The quantitative estimate of drug-likeness (QED) is 0.351. The van der Waals surface area contributed by atoms with Crippen LogP contribution in [0.5, 0.6) is 0 Å². The molecule has 0 saturated carbocycles. The molecule has 3 aromatic rings. The topological polar surface area (TPSA) is 125 Å². The van der Waals surface area contributed by atoms with Crippen LogP contribution in [0, 0.1) is 5.41 Å². The van der Waals surface area contributed by atoms with E-state index in [9.17, 15) is 9.59 Å². The van der Waals surface area contributed by atoms with Crippen molar-refractivity contribution in [2.24, 2.45) is 5.73 Å². The second-order valence-corrected chi connectivity index (χ2v) is 12.1. The normalized spacial score (nSPS) is 21.1. The number of benzene rings is 2. The molecule has 42 heavy (non-hydrogen) atoms. The van der Waals surface area contributed by atoms with E-state index in [2.05, 4.69) is 10.2 Å². The van der Waals surface area contributed by atoms with Crippen LogP contribution in [0.3, 0.4) is 0 Å². The number of fused-ring (bicyclic) bond motifs is 1. The zero-order valence-electron chi connectivity index (χ0n) is 23.6. The maximum Gasteiger partial charge on any atom is 0.257 e. The zero-order valence-corrected chi connectivity index (χ0v) is 24.4. The van der Waals surface area contributed by atoms with Gasteiger partial charge in [0.1, 0.15) is 0 Å². The smallest absolute Gasteiger partial charge is 0.257 e. The number of likely N-dealkylation sites (tertiary alicyclic amines) is 1. The summed E-state index contributed by atoms with van der Waals surface area (Å²) < 4.78 is 5.52. The Morgan fingerprint density at radius 1 is 1.05 bits per heavy atom. The minimum Gasteiger partial charge on any atom is -0.404 e. The van der Waals surface area contributed by atoms with Crippen LogP contribution >= 0.6 is 11.3 Å². The molecule has 2 aliphatic heterocycles. The number of ether oxygens (including phenoxy) is 1. The fourth-order valence-corrected chi connectivity index (χ4v) is 7.38. The van der Waals surface area contributed by atoms with Crippen molar-refractivity contribution in [3.63, 3.8) is 0 Å². The van der Waals surface area contributed by atoms with Crippen molar-refractivity contribution in [1.29, 1.82) is 5.41 Å². The number of nitrogens with one attached hydrogen (secondary N) is 2. The third-order valence-corrected chi connectivity index (χ3v) is 9.56. The van der Waals surface area contributed by atoms with Gasteiger partial charge in [-0.25, -0.2) is 4.98 Å². The highest BCUT2D eigenvalue weighted by Crippen LogP contribution is 2.35. The number of nitrogens with zero attached hydrogens (tertiary/aromatic N) is 3. The first-order valence-corrected chi connectivity index (χ1v) is 15.4. The van der Waals surface area contributed by atoms with Gasteiger partial charge in [0.25, 0.3) is 11.8 Å². The Kier molecular flexibility index (Phi) is 8.46. The Morgan fingerprint density at radius 2 is 1.83 bits per heavy atom. The third kappa shape index (κ3) is 5.88. The number of carbonyl (C=O) groups excluding carboxylic acids is 2. The van der Waals surface area contributed by atoms with Gasteiger partial charge < -0.3 is 20.8 Å². The van der Waals surface area contributed by atoms with Crippen LogP contribution < -0.4 is 11.1 Å². The molecule has 4 N–H and O–H groups in total. The minimum absolute atomic E-state index is 0.0701. The highest BCUT2D eigenvalue weighted by molar-refractivity contribution is 7.15. The maximum absolute atomic E-state index is 13.6. The molecule has 1 aliphatic carbocycles. The molecule has 0 bridgehead atoms. The number of nitrogens with two attached hydrogens (primary N) is 1. The highest BCUT2D eigenvalue weighted by atomic mass is 32.1. The monoisotopic (exact) mass is 584 g/mol. The maximum atomic E-state index is 13.6. The van der Waals surface area contributed by atoms with E-state index < -0.39 is 0 Å². The summed E-state index contributed by atoms with van der Waals surface area (Å²) in [6.07, 6.45) is 7.25. The molecule has 0 spiro atoms. The van der Waals surface area contributed by atoms with E-state index in [1.54, 1.807) is 23.5 Å². The van der Waals surface area contributed by atoms with E-state index >= 15 is 0 Å². The molecule has 3 aliphatic rings. The fraction of sp³-hybridized carbons (Fsp3) is 0.375. The highest BCUT2D eigenvalue weighted by Gasteiger charge is 2.32. The standard InChI is InChI=1S/C32H36N6O3S/c33-19-25(20-34)21-4-1-7-24(16-21)31(40)38-11-3-8-28(38)22-5-2-6-23(17-22)30(39)36-32-35-27-10-9-26(18-29(27)42-32)37-12-14-41-15-13-37/h1-2,4-7,16-17,19-20,26,28,33H,3,8-15,18,34H2,(H,35,36,39)/t26-,28+/m0/s1. The Bertz CT molecular complexity index is 1510. The Morgan fingerprint density at radius 3 is 2.64 bits per heavy atom. The van der Waals surface area contributed by atoms with Crippen LogP contribution in [0.25, 0.3) is 5.57 Å². The summed E-state index contributed by atoms with van der Waals surface area (Å²) in [4.78, 5) is 37.3. The molecular weight excluding hydrogens is 548 g/mol. The molecule has 2 amide bonds. The summed E-state index contributed by atoms with van der Waals surface area (Å²) in [5, 5.41) is 11.3. The van der Waals surface area contributed by atoms with Crippen molar-refractivity contribution in [3.8, 4) is 0 Å². The van der Waals surface area contributed by atoms with Gasteiger partial charge in [-0.05, 0) is 67.5 Å². The number of morpholine rings is 1. The van der Waals surface area contributed by atoms with E-state index in [0.29, 0.717) is 34.4 Å². The number of rotatable bonds is 7. The molecular formula is C32H36N6O3S. The van der Waals surface area contributed by atoms with E-state index in [0.717, 1.165) is 75.2 Å². The van der Waals surface area contributed by atoms with Crippen LogP contribution in [-0.2, 0) is 17.6 Å². The summed E-state index contributed by atoms with van der Waals surface area (Å²) in [5.41, 5.74) is 10.1. The number of anilines is 1. The number of allylic oxidation sites excluding steroid dienone is 1. The molecule has 2 atom stereocenters. The van der Waals surface area contributed by atoms with Gasteiger partial charge >= 0.3 is 0 Å². The second kappa shape index (κ2) is 12.6. The molecule has 3 heterocycles. The van der Waals surface area contributed by atoms with Crippen molar-refractivity contribution in [1.82, 2.24) is 14.8 Å². The summed E-state index contributed by atoms with van der Waals surface area (Å²) in [6, 6.07) is 15.2. The van der Waals surface area contributed by atoms with Crippen molar-refractivity contribution >= 4 is 40.1 Å². The summed E-state index contributed by atoms with van der Waals surface area (Å²) in [5.74, 6) is -0.261. The van der Waals surface area contributed by atoms with Gasteiger partial charge in [-0.3, -0.25) is 19.8 Å². The number of aryl methyl sites for hydroxylation is 1. The van der Waals surface area contributed by atoms with Gasteiger partial charge in [0, 0.05) is 59.7 Å². The van der Waals surface area contributed by atoms with Crippen LogP contribution in [0.15, 0.2) is 54.7 Å². The lowest BCUT2D eigenvalue weighted by atomic mass is 9.96. The van der Waals surface area contributed by atoms with E-state index in [4.69, 9.17) is 20.9 Å². The summed E-state index contributed by atoms with van der Waals surface area (Å²) >= 11 is 1.58. The molecule has 10 heteroatoms. The number of carbonyl (C=O) groups is 2. The second-order valence-electron chi connectivity index (χ2n) is 11.0. The molecule has 218 valence electrons. The van der Waals surface area contributed by atoms with Gasteiger partial charge in [0.15, 0.2) is 5.13 Å². The van der Waals surface area contributed by atoms with Crippen molar-refractivity contribution in [2.75, 3.05) is 38.2 Å². The molecule has 0 unspecified atom stereocenters. The van der Waals surface area contributed by atoms with Crippen LogP contribution in [0.4, 0.5) is 5.13 Å². The average Bonchev–Trinajstić information content (AvgIpc) is 3.69. The fourth-order valence-electron chi connectivity index (χ4n) is 6.30. The average molecular weight is 585 g/mol. The number of amides is 2. The first kappa shape index (κ1) is 28.3. The largest absolute Gasteiger partial charge is 0.404 e. The molecule has 2 aromatic carbocycles. The first-order chi connectivity index (χ1) is 20.5. The lowest BCUT2D eigenvalue weighted by Crippen LogP contribution is -2.45. The van der Waals surface area contributed by atoms with E-state index in [-0.39, 0.29) is 17.9 Å². The minimum atomic E-state index is -0.191. The molecule has 2 fully saturated rings. The van der Waals surface area contributed by atoms with Crippen molar-refractivity contribution < 1.29 is 14.3 Å². The van der Waals surface area contributed by atoms with Gasteiger partial charge in [-0.15, -0.1) is 11.3 Å². The number of hydrogen-bond donors (Lipinski definition) is 3. The first-order valence-electron chi connectivity index (χ1n) is 14.6. The van der Waals surface area contributed by atoms with E-state index in [1.807, 2.05) is 41.3 Å². The molecule has 1 aromatic heterocycles. The Hall–Kier alpha value is -3.86. The van der Waals surface area contributed by atoms with Crippen molar-refractivity contribution in [3.05, 3.63) is 87.6 Å². The molecule has 9 nitrogen and oxygen atoms in total. The van der Waals surface area contributed by atoms with Crippen LogP contribution in [-0.4, -0.2) is 71.7 Å². The Balaban J connectivity index is 1.14. The lowest BCUT2D eigenvalue weighted by Gasteiger charge is -2.36. The van der Waals surface area contributed by atoms with Crippen molar-refractivity contribution in [2.45, 2.75) is 44.2 Å². The van der Waals surface area contributed by atoms with Crippen LogP contribution in [0.1, 0.15) is 67.7 Å². The molecule has 0 radical (unpaired) electrons. The predicted molar refractivity (Wildman–Crippen MR) is 165 cm³/mol. The number of hydrogen-bond acceptors (Lipinski definition) is 8. The van der Waals surface area contributed by atoms with Gasteiger partial charge in [0.05, 0.1) is 24.9 Å².